The lowest BCUT2D eigenvalue weighted by molar-refractivity contribution is 0.0927. The number of nitrogens with one attached hydrogen (secondary N) is 1. The molecular formula is C18H17FN4O2. The lowest BCUT2D eigenvalue weighted by atomic mass is 10.0. The van der Waals surface area contributed by atoms with Crippen LogP contribution in [0.2, 0.25) is 0 Å². The van der Waals surface area contributed by atoms with E-state index < -0.39 is 5.82 Å². The van der Waals surface area contributed by atoms with E-state index in [9.17, 15) is 9.18 Å². The molecule has 1 saturated heterocycles. The molecule has 2 aromatic heterocycles. The van der Waals surface area contributed by atoms with Crippen molar-refractivity contribution in [2.45, 2.75) is 18.9 Å². The molecule has 1 fully saturated rings. The standard InChI is InChI=1S/C18H17FN4O2/c19-14-5-2-1-4-13(14)17(24)21-12-7-10-23(11-8-12)18-22-16-15(25-18)6-3-9-20-16/h1-6,9,12H,7-8,10-11H2,(H,21,24). The summed E-state index contributed by atoms with van der Waals surface area (Å²) in [5.41, 5.74) is 1.33. The molecule has 7 heteroatoms. The van der Waals surface area contributed by atoms with Crippen molar-refractivity contribution < 1.29 is 13.6 Å². The Morgan fingerprint density at radius 1 is 1.20 bits per heavy atom. The van der Waals surface area contributed by atoms with Gasteiger partial charge in [0.2, 0.25) is 5.65 Å². The Kier molecular flexibility index (Phi) is 4.05. The highest BCUT2D eigenvalue weighted by Gasteiger charge is 2.24. The van der Waals surface area contributed by atoms with E-state index in [0.29, 0.717) is 30.3 Å². The Hall–Kier alpha value is -2.96. The number of carbonyl (C=O) groups is 1. The van der Waals surface area contributed by atoms with E-state index in [1.807, 2.05) is 17.0 Å². The van der Waals surface area contributed by atoms with Gasteiger partial charge in [0, 0.05) is 25.3 Å². The van der Waals surface area contributed by atoms with Crippen molar-refractivity contribution in [3.05, 3.63) is 54.0 Å². The number of hydrogen-bond donors (Lipinski definition) is 1. The summed E-state index contributed by atoms with van der Waals surface area (Å²) in [7, 11) is 0. The van der Waals surface area contributed by atoms with Crippen LogP contribution in [0.5, 0.6) is 0 Å². The van der Waals surface area contributed by atoms with Crippen molar-refractivity contribution >= 4 is 23.2 Å². The average Bonchev–Trinajstić information content (AvgIpc) is 3.07. The summed E-state index contributed by atoms with van der Waals surface area (Å²) in [5, 5.41) is 2.91. The molecule has 1 amide bonds. The summed E-state index contributed by atoms with van der Waals surface area (Å²) in [6.45, 7) is 1.41. The van der Waals surface area contributed by atoms with Crippen molar-refractivity contribution in [2.75, 3.05) is 18.0 Å². The van der Waals surface area contributed by atoms with Gasteiger partial charge >= 0.3 is 0 Å². The molecule has 1 aromatic carbocycles. The number of carbonyl (C=O) groups excluding carboxylic acids is 1. The maximum Gasteiger partial charge on any atom is 0.299 e. The lowest BCUT2D eigenvalue weighted by Crippen LogP contribution is -2.45. The largest absolute Gasteiger partial charge is 0.422 e. The number of halogens is 1. The highest BCUT2D eigenvalue weighted by atomic mass is 19.1. The number of oxazole rings is 1. The summed E-state index contributed by atoms with van der Waals surface area (Å²) in [5.74, 6) is -0.876. The summed E-state index contributed by atoms with van der Waals surface area (Å²) < 4.78 is 19.4. The van der Waals surface area contributed by atoms with Gasteiger partial charge < -0.3 is 14.6 Å². The zero-order chi connectivity index (χ0) is 17.2. The Balaban J connectivity index is 1.38. The highest BCUT2D eigenvalue weighted by Crippen LogP contribution is 2.23. The van der Waals surface area contributed by atoms with Crippen LogP contribution in [-0.2, 0) is 0 Å². The lowest BCUT2D eigenvalue weighted by Gasteiger charge is -2.31. The maximum absolute atomic E-state index is 13.7. The number of pyridine rings is 1. The first-order valence-corrected chi connectivity index (χ1v) is 8.22. The van der Waals surface area contributed by atoms with Gasteiger partial charge in [-0.1, -0.05) is 12.1 Å². The van der Waals surface area contributed by atoms with Crippen LogP contribution >= 0.6 is 0 Å². The first-order chi connectivity index (χ1) is 12.2. The van der Waals surface area contributed by atoms with Gasteiger partial charge in [0.15, 0.2) is 5.58 Å². The zero-order valence-electron chi connectivity index (χ0n) is 13.5. The SMILES string of the molecule is O=C(NC1CCN(c2nc3ncccc3o2)CC1)c1ccccc1F. The van der Waals surface area contributed by atoms with Gasteiger partial charge in [0.25, 0.3) is 11.9 Å². The number of anilines is 1. The van der Waals surface area contributed by atoms with Crippen LogP contribution < -0.4 is 10.2 Å². The molecule has 25 heavy (non-hydrogen) atoms. The van der Waals surface area contributed by atoms with E-state index in [-0.39, 0.29) is 17.5 Å². The normalized spacial score (nSPS) is 15.5. The third-order valence-electron chi connectivity index (χ3n) is 4.37. The average molecular weight is 340 g/mol. The molecule has 0 unspecified atom stereocenters. The van der Waals surface area contributed by atoms with Crippen LogP contribution in [-0.4, -0.2) is 35.0 Å². The minimum atomic E-state index is -0.503. The number of rotatable bonds is 3. The zero-order valence-corrected chi connectivity index (χ0v) is 13.5. The Labute approximate surface area is 143 Å². The van der Waals surface area contributed by atoms with Gasteiger partial charge in [-0.2, -0.15) is 4.98 Å². The fourth-order valence-corrected chi connectivity index (χ4v) is 3.02. The number of nitrogens with zero attached hydrogens (tertiary/aromatic N) is 3. The van der Waals surface area contributed by atoms with Crippen LogP contribution in [0.25, 0.3) is 11.2 Å². The van der Waals surface area contributed by atoms with E-state index in [4.69, 9.17) is 4.42 Å². The smallest absolute Gasteiger partial charge is 0.299 e. The third-order valence-corrected chi connectivity index (χ3v) is 4.37. The summed E-state index contributed by atoms with van der Waals surface area (Å²) >= 11 is 0. The van der Waals surface area contributed by atoms with E-state index in [1.165, 1.54) is 12.1 Å². The fraction of sp³-hybridized carbons (Fsp3) is 0.278. The maximum atomic E-state index is 13.7. The third kappa shape index (κ3) is 3.17. The molecule has 0 aliphatic carbocycles. The van der Waals surface area contributed by atoms with E-state index in [1.54, 1.807) is 18.3 Å². The van der Waals surface area contributed by atoms with Crippen molar-refractivity contribution in [3.8, 4) is 0 Å². The number of aromatic nitrogens is 2. The van der Waals surface area contributed by atoms with Gasteiger partial charge in [0.1, 0.15) is 5.82 Å². The quantitative estimate of drug-likeness (QED) is 0.794. The number of piperidine rings is 1. The molecule has 0 atom stereocenters. The molecule has 3 aromatic rings. The number of fused-ring (bicyclic) bond motifs is 1. The molecule has 4 rings (SSSR count). The second kappa shape index (κ2) is 6.51. The number of amides is 1. The molecule has 0 spiro atoms. The first-order valence-electron chi connectivity index (χ1n) is 8.22. The Bertz CT molecular complexity index is 870. The van der Waals surface area contributed by atoms with E-state index in [2.05, 4.69) is 15.3 Å². The summed E-state index contributed by atoms with van der Waals surface area (Å²) in [6.07, 6.45) is 3.16. The number of hydrogen-bond acceptors (Lipinski definition) is 5. The predicted octanol–water partition coefficient (Wildman–Crippen LogP) is 2.76. The van der Waals surface area contributed by atoms with Crippen LogP contribution in [0.15, 0.2) is 47.0 Å². The van der Waals surface area contributed by atoms with Crippen LogP contribution in [0, 0.1) is 5.82 Å². The van der Waals surface area contributed by atoms with Crippen LogP contribution in [0.4, 0.5) is 10.4 Å². The summed E-state index contributed by atoms with van der Waals surface area (Å²) in [4.78, 5) is 22.8. The molecule has 0 bridgehead atoms. The first kappa shape index (κ1) is 15.6. The second-order valence-electron chi connectivity index (χ2n) is 6.04. The predicted molar refractivity (Wildman–Crippen MR) is 90.9 cm³/mol. The Morgan fingerprint density at radius 2 is 2.00 bits per heavy atom. The highest BCUT2D eigenvalue weighted by molar-refractivity contribution is 5.94. The summed E-state index contributed by atoms with van der Waals surface area (Å²) in [6, 6.07) is 10.2. The van der Waals surface area contributed by atoms with E-state index >= 15 is 0 Å². The topological polar surface area (TPSA) is 71.3 Å². The minimum absolute atomic E-state index is 0.00543. The van der Waals surface area contributed by atoms with Crippen LogP contribution in [0.1, 0.15) is 23.2 Å². The van der Waals surface area contributed by atoms with Crippen molar-refractivity contribution in [1.29, 1.82) is 0 Å². The molecule has 1 N–H and O–H groups in total. The molecule has 1 aliphatic heterocycles. The molecule has 3 heterocycles. The van der Waals surface area contributed by atoms with E-state index in [0.717, 1.165) is 12.8 Å². The fourth-order valence-electron chi connectivity index (χ4n) is 3.02. The Morgan fingerprint density at radius 3 is 2.76 bits per heavy atom. The van der Waals surface area contributed by atoms with Gasteiger partial charge in [-0.25, -0.2) is 9.37 Å². The minimum Gasteiger partial charge on any atom is -0.422 e. The molecule has 128 valence electrons. The molecule has 0 radical (unpaired) electrons. The van der Waals surface area contributed by atoms with Gasteiger partial charge in [0.05, 0.1) is 5.56 Å². The molecule has 6 nitrogen and oxygen atoms in total. The number of benzene rings is 1. The van der Waals surface area contributed by atoms with Gasteiger partial charge in [-0.15, -0.1) is 0 Å². The van der Waals surface area contributed by atoms with Gasteiger partial charge in [-0.05, 0) is 37.1 Å². The molecule has 1 aliphatic rings. The van der Waals surface area contributed by atoms with Crippen molar-refractivity contribution in [2.24, 2.45) is 0 Å². The van der Waals surface area contributed by atoms with Crippen molar-refractivity contribution in [1.82, 2.24) is 15.3 Å². The van der Waals surface area contributed by atoms with Crippen molar-refractivity contribution in [3.63, 3.8) is 0 Å². The molecule has 0 saturated carbocycles. The monoisotopic (exact) mass is 340 g/mol. The second-order valence-corrected chi connectivity index (χ2v) is 6.04. The van der Waals surface area contributed by atoms with Crippen LogP contribution in [0.3, 0.4) is 0 Å². The molecular weight excluding hydrogens is 323 g/mol. The van der Waals surface area contributed by atoms with Gasteiger partial charge in [-0.3, -0.25) is 4.79 Å².